The molecule has 0 aliphatic carbocycles. The number of halogens is 1. The first kappa shape index (κ1) is 13.5. The molecule has 1 heterocycles. The molecule has 1 aromatic rings. The van der Waals surface area contributed by atoms with Crippen molar-refractivity contribution in [2.75, 3.05) is 12.4 Å². The van der Waals surface area contributed by atoms with Gasteiger partial charge < -0.3 is 10.1 Å². The van der Waals surface area contributed by atoms with Gasteiger partial charge in [0.25, 0.3) is 5.56 Å². The van der Waals surface area contributed by atoms with E-state index in [-0.39, 0.29) is 12.2 Å². The van der Waals surface area contributed by atoms with Crippen molar-refractivity contribution in [3.8, 4) is 9.85 Å². The van der Waals surface area contributed by atoms with Crippen LogP contribution in [0.3, 0.4) is 0 Å². The van der Waals surface area contributed by atoms with Crippen molar-refractivity contribution in [2.24, 2.45) is 0 Å². The van der Waals surface area contributed by atoms with Gasteiger partial charge in [0.2, 0.25) is 0 Å². The summed E-state index contributed by atoms with van der Waals surface area (Å²) in [6.07, 6.45) is 0.340. The first-order valence-electron chi connectivity index (χ1n) is 4.61. The van der Waals surface area contributed by atoms with Crippen LogP contribution in [0.2, 0.25) is 0 Å². The Hall–Kier alpha value is -0.520. The Labute approximate surface area is 111 Å². The molecule has 0 bridgehead atoms. The van der Waals surface area contributed by atoms with Gasteiger partial charge in [0, 0.05) is 46.9 Å². The Morgan fingerprint density at radius 2 is 2.38 bits per heavy atom. The summed E-state index contributed by atoms with van der Waals surface area (Å²) in [5.41, 5.74) is 1.04. The van der Waals surface area contributed by atoms with Crippen molar-refractivity contribution < 1.29 is 5.11 Å². The van der Waals surface area contributed by atoms with E-state index in [1.165, 1.54) is 11.8 Å². The molecule has 0 fully saturated rings. The summed E-state index contributed by atoms with van der Waals surface area (Å²) in [6.45, 7) is 1.73. The number of aliphatic hydroxyl groups is 1. The molecule has 0 saturated heterocycles. The molecule has 0 amide bonds. The van der Waals surface area contributed by atoms with E-state index in [0.29, 0.717) is 28.6 Å². The number of aliphatic hydroxyl groups excluding tert-OH is 1. The van der Waals surface area contributed by atoms with Crippen LogP contribution < -0.4 is 5.56 Å². The van der Waals surface area contributed by atoms with E-state index >= 15 is 0 Å². The van der Waals surface area contributed by atoms with Crippen LogP contribution >= 0.6 is 34.4 Å². The van der Waals surface area contributed by atoms with Crippen molar-refractivity contribution in [1.29, 1.82) is 0 Å². The molecule has 16 heavy (non-hydrogen) atoms. The summed E-state index contributed by atoms with van der Waals surface area (Å²) in [4.78, 5) is 18.6. The van der Waals surface area contributed by atoms with Crippen molar-refractivity contribution in [3.05, 3.63) is 21.6 Å². The number of H-pyrrole nitrogens is 1. The molecule has 0 saturated carbocycles. The Morgan fingerprint density at radius 3 is 2.94 bits per heavy atom. The minimum Gasteiger partial charge on any atom is -0.396 e. The van der Waals surface area contributed by atoms with E-state index in [0.717, 1.165) is 0 Å². The maximum Gasteiger partial charge on any atom is 0.255 e. The molecule has 86 valence electrons. The average molecular weight is 350 g/mol. The van der Waals surface area contributed by atoms with Crippen LogP contribution in [0.5, 0.6) is 0 Å². The second-order valence-electron chi connectivity index (χ2n) is 2.97. The lowest BCUT2D eigenvalue weighted by atomic mass is 10.2. The SMILES string of the molecule is Cc1nc(SCC#CI)[nH]c(=O)c1CCO. The maximum atomic E-state index is 11.6. The molecule has 1 aromatic heterocycles. The minimum absolute atomic E-state index is 0.0433. The van der Waals surface area contributed by atoms with Crippen LogP contribution in [-0.2, 0) is 6.42 Å². The molecule has 0 spiro atoms. The number of thioether (sulfide) groups is 1. The number of aromatic amines is 1. The Kier molecular flexibility index (Phi) is 5.87. The van der Waals surface area contributed by atoms with E-state index in [1.54, 1.807) is 6.92 Å². The summed E-state index contributed by atoms with van der Waals surface area (Å²) >= 11 is 3.36. The zero-order valence-corrected chi connectivity index (χ0v) is 11.7. The highest BCUT2D eigenvalue weighted by Gasteiger charge is 2.07. The topological polar surface area (TPSA) is 66.0 Å². The predicted molar refractivity (Wildman–Crippen MR) is 72.9 cm³/mol. The molecule has 2 N–H and O–H groups in total. The Morgan fingerprint density at radius 1 is 1.62 bits per heavy atom. The second-order valence-corrected chi connectivity index (χ2v) is 4.47. The molecule has 0 aliphatic rings. The number of hydrogen-bond donors (Lipinski definition) is 2. The fraction of sp³-hybridized carbons (Fsp3) is 0.400. The number of rotatable bonds is 4. The van der Waals surface area contributed by atoms with Crippen molar-refractivity contribution in [2.45, 2.75) is 18.5 Å². The largest absolute Gasteiger partial charge is 0.396 e. The van der Waals surface area contributed by atoms with Crippen molar-refractivity contribution in [3.63, 3.8) is 0 Å². The van der Waals surface area contributed by atoms with Crippen LogP contribution in [0.15, 0.2) is 9.95 Å². The molecule has 0 radical (unpaired) electrons. The van der Waals surface area contributed by atoms with Crippen LogP contribution in [-0.4, -0.2) is 27.4 Å². The zero-order valence-electron chi connectivity index (χ0n) is 8.71. The van der Waals surface area contributed by atoms with E-state index in [1.807, 2.05) is 22.6 Å². The number of aryl methyl sites for hydroxylation is 1. The molecule has 6 heteroatoms. The first-order chi connectivity index (χ1) is 7.69. The molecule has 0 aliphatic heterocycles. The molecule has 4 nitrogen and oxygen atoms in total. The first-order valence-corrected chi connectivity index (χ1v) is 6.67. The lowest BCUT2D eigenvalue weighted by molar-refractivity contribution is 0.298. The third-order valence-electron chi connectivity index (χ3n) is 1.91. The molecule has 0 atom stereocenters. The van der Waals surface area contributed by atoms with Gasteiger partial charge in [0.1, 0.15) is 0 Å². The number of hydrogen-bond acceptors (Lipinski definition) is 4. The summed E-state index contributed by atoms with van der Waals surface area (Å²) in [5.74, 6) is 3.47. The highest BCUT2D eigenvalue weighted by atomic mass is 127. The third kappa shape index (κ3) is 3.81. The van der Waals surface area contributed by atoms with Crippen LogP contribution in [0.25, 0.3) is 0 Å². The van der Waals surface area contributed by atoms with Gasteiger partial charge in [-0.25, -0.2) is 4.98 Å². The molecule has 0 aromatic carbocycles. The summed E-state index contributed by atoms with van der Waals surface area (Å²) in [5, 5.41) is 9.38. The minimum atomic E-state index is -0.175. The van der Waals surface area contributed by atoms with Crippen LogP contribution in [0, 0.1) is 16.8 Å². The third-order valence-corrected chi connectivity index (χ3v) is 3.05. The molecule has 1 rings (SSSR count). The van der Waals surface area contributed by atoms with Gasteiger partial charge in [-0.15, -0.1) is 0 Å². The number of nitrogens with zero attached hydrogens (tertiary/aromatic N) is 1. The summed E-state index contributed by atoms with van der Waals surface area (Å²) in [7, 11) is 0. The zero-order chi connectivity index (χ0) is 12.0. The number of nitrogens with one attached hydrogen (secondary N) is 1. The van der Waals surface area contributed by atoms with Gasteiger partial charge in [0.05, 0.1) is 5.75 Å². The fourth-order valence-corrected chi connectivity index (χ4v) is 2.29. The van der Waals surface area contributed by atoms with Gasteiger partial charge in [-0.05, 0) is 10.9 Å². The van der Waals surface area contributed by atoms with Gasteiger partial charge in [0.15, 0.2) is 5.16 Å². The standard InChI is InChI=1S/C10H11IN2O2S/c1-7-8(3-5-14)9(15)13-10(12-7)16-6-2-4-11/h14H,3,5-6H2,1H3,(H,12,13,15). The molecular weight excluding hydrogens is 339 g/mol. The number of aromatic nitrogens is 2. The highest BCUT2D eigenvalue weighted by Crippen LogP contribution is 2.11. The Bertz CT molecular complexity index is 476. The van der Waals surface area contributed by atoms with E-state index in [9.17, 15) is 4.79 Å². The highest BCUT2D eigenvalue weighted by molar-refractivity contribution is 14.1. The molecule has 0 unspecified atom stereocenters. The van der Waals surface area contributed by atoms with Gasteiger partial charge in [-0.3, -0.25) is 4.79 Å². The van der Waals surface area contributed by atoms with E-state index in [4.69, 9.17) is 5.11 Å². The average Bonchev–Trinajstić information content (AvgIpc) is 2.24. The smallest absolute Gasteiger partial charge is 0.255 e. The van der Waals surface area contributed by atoms with E-state index in [2.05, 4.69) is 19.8 Å². The lowest BCUT2D eigenvalue weighted by Gasteiger charge is -2.04. The normalized spacial score (nSPS) is 9.69. The van der Waals surface area contributed by atoms with Crippen molar-refractivity contribution in [1.82, 2.24) is 9.97 Å². The maximum absolute atomic E-state index is 11.6. The van der Waals surface area contributed by atoms with Crippen molar-refractivity contribution >= 4 is 34.4 Å². The second kappa shape index (κ2) is 6.93. The van der Waals surface area contributed by atoms with Gasteiger partial charge >= 0.3 is 0 Å². The fourth-order valence-electron chi connectivity index (χ4n) is 1.19. The summed E-state index contributed by atoms with van der Waals surface area (Å²) in [6, 6.07) is 0. The Balaban J connectivity index is 2.90. The van der Waals surface area contributed by atoms with Gasteiger partial charge in [-0.2, -0.15) is 0 Å². The van der Waals surface area contributed by atoms with Crippen LogP contribution in [0.1, 0.15) is 11.3 Å². The summed E-state index contributed by atoms with van der Waals surface area (Å²) < 4.78 is 2.75. The van der Waals surface area contributed by atoms with E-state index < -0.39 is 0 Å². The molecular formula is C10H11IN2O2S. The van der Waals surface area contributed by atoms with Gasteiger partial charge in [-0.1, -0.05) is 17.7 Å². The quantitative estimate of drug-likeness (QED) is 0.369. The monoisotopic (exact) mass is 350 g/mol. The lowest BCUT2D eigenvalue weighted by Crippen LogP contribution is -2.18. The van der Waals surface area contributed by atoms with Crippen LogP contribution in [0.4, 0.5) is 0 Å². The predicted octanol–water partition coefficient (Wildman–Crippen LogP) is 1.10.